The maximum Gasteiger partial charge on any atom is 0.167 e. The molecule has 0 bridgehead atoms. The highest BCUT2D eigenvalue weighted by Gasteiger charge is 2.12. The van der Waals surface area contributed by atoms with Crippen molar-refractivity contribution in [3.63, 3.8) is 0 Å². The number of halogens is 1. The lowest BCUT2D eigenvalue weighted by Crippen LogP contribution is -1.92. The van der Waals surface area contributed by atoms with E-state index in [0.29, 0.717) is 10.7 Å². The van der Waals surface area contributed by atoms with Crippen molar-refractivity contribution in [1.82, 2.24) is 4.40 Å². The summed E-state index contributed by atoms with van der Waals surface area (Å²) in [6.07, 6.45) is 2.81. The second kappa shape index (κ2) is 4.56. The smallest absolute Gasteiger partial charge is 0.167 e. The number of pyridine rings is 1. The maximum atomic E-state index is 11.4. The number of aromatic nitrogens is 1. The lowest BCUT2D eigenvalue weighted by Gasteiger charge is -2.01. The van der Waals surface area contributed by atoms with E-state index >= 15 is 0 Å². The van der Waals surface area contributed by atoms with Gasteiger partial charge in [-0.2, -0.15) is 0 Å². The summed E-state index contributed by atoms with van der Waals surface area (Å²) in [4.78, 5) is 11.4. The van der Waals surface area contributed by atoms with E-state index in [0.717, 1.165) is 28.5 Å². The van der Waals surface area contributed by atoms with Crippen LogP contribution in [0.3, 0.4) is 0 Å². The van der Waals surface area contributed by atoms with Crippen LogP contribution >= 0.6 is 11.6 Å². The van der Waals surface area contributed by atoms with Crippen LogP contribution in [0, 0.1) is 6.92 Å². The minimum atomic E-state index is 0.668. The second-order valence-corrected chi connectivity index (χ2v) is 4.95. The fourth-order valence-corrected chi connectivity index (χ4v) is 2.47. The summed E-state index contributed by atoms with van der Waals surface area (Å²) >= 11 is 5.90. The van der Waals surface area contributed by atoms with Crippen LogP contribution in [0.25, 0.3) is 16.6 Å². The number of aryl methyl sites for hydroxylation is 1. The molecule has 1 aromatic carbocycles. The Kier molecular flexibility index (Phi) is 2.88. The van der Waals surface area contributed by atoms with Crippen molar-refractivity contribution >= 4 is 23.4 Å². The summed E-state index contributed by atoms with van der Waals surface area (Å²) in [5, 5.41) is 0.691. The van der Waals surface area contributed by atoms with Crippen molar-refractivity contribution in [3.05, 3.63) is 64.9 Å². The first-order valence-electron chi connectivity index (χ1n) is 6.02. The third-order valence-electron chi connectivity index (χ3n) is 3.33. The van der Waals surface area contributed by atoms with Gasteiger partial charge < -0.3 is 4.40 Å². The molecule has 0 aliphatic heterocycles. The van der Waals surface area contributed by atoms with E-state index in [1.807, 2.05) is 60.0 Å². The molecular formula is C16H12ClNO. The van der Waals surface area contributed by atoms with Crippen LogP contribution in [-0.2, 0) is 0 Å². The summed E-state index contributed by atoms with van der Waals surface area (Å²) < 4.78 is 1.92. The molecule has 0 unspecified atom stereocenters. The van der Waals surface area contributed by atoms with Crippen LogP contribution in [0.1, 0.15) is 16.1 Å². The normalized spacial score (nSPS) is 10.8. The molecule has 0 saturated carbocycles. The molecule has 3 aromatic rings. The van der Waals surface area contributed by atoms with E-state index in [-0.39, 0.29) is 0 Å². The first-order valence-corrected chi connectivity index (χ1v) is 6.40. The van der Waals surface area contributed by atoms with Crippen LogP contribution in [0.5, 0.6) is 0 Å². The number of benzene rings is 1. The Morgan fingerprint density at radius 1 is 1.16 bits per heavy atom. The van der Waals surface area contributed by atoms with Gasteiger partial charge in [0.25, 0.3) is 0 Å². The molecule has 0 fully saturated rings. The molecule has 2 aromatic heterocycles. The molecule has 2 nitrogen and oxygen atoms in total. The number of hydrogen-bond donors (Lipinski definition) is 0. The quantitative estimate of drug-likeness (QED) is 0.633. The Hall–Kier alpha value is -2.06. The standard InChI is InChI=1S/C16H12ClNO/c1-11-3-2-8-18-15(11)9-14(16(18)10-19)12-4-6-13(17)7-5-12/h2-10H,1H3. The molecule has 2 heterocycles. The van der Waals surface area contributed by atoms with Gasteiger partial charge in [-0.15, -0.1) is 0 Å². The fourth-order valence-electron chi connectivity index (χ4n) is 2.34. The van der Waals surface area contributed by atoms with Crippen molar-refractivity contribution in [2.75, 3.05) is 0 Å². The molecule has 0 aliphatic rings. The predicted molar refractivity (Wildman–Crippen MR) is 78.0 cm³/mol. The van der Waals surface area contributed by atoms with Crippen LogP contribution in [0.15, 0.2) is 48.7 Å². The van der Waals surface area contributed by atoms with Crippen molar-refractivity contribution in [2.45, 2.75) is 6.92 Å². The first kappa shape index (κ1) is 12.0. The van der Waals surface area contributed by atoms with E-state index in [1.165, 1.54) is 0 Å². The Bertz CT molecular complexity index is 756. The molecule has 0 aliphatic carbocycles. The average molecular weight is 270 g/mol. The Morgan fingerprint density at radius 2 is 1.89 bits per heavy atom. The zero-order chi connectivity index (χ0) is 13.4. The van der Waals surface area contributed by atoms with Gasteiger partial charge in [-0.25, -0.2) is 0 Å². The number of carbonyl (C=O) groups is 1. The molecule has 0 N–H and O–H groups in total. The van der Waals surface area contributed by atoms with Gasteiger partial charge >= 0.3 is 0 Å². The highest BCUT2D eigenvalue weighted by Crippen LogP contribution is 2.29. The highest BCUT2D eigenvalue weighted by molar-refractivity contribution is 6.30. The number of hydrogen-bond acceptors (Lipinski definition) is 1. The number of aldehydes is 1. The van der Waals surface area contributed by atoms with E-state index in [1.54, 1.807) is 0 Å². The Morgan fingerprint density at radius 3 is 2.58 bits per heavy atom. The molecule has 0 radical (unpaired) electrons. The maximum absolute atomic E-state index is 11.4. The summed E-state index contributed by atoms with van der Waals surface area (Å²) in [5.74, 6) is 0. The fraction of sp³-hybridized carbons (Fsp3) is 0.0625. The van der Waals surface area contributed by atoms with Gasteiger partial charge in [-0.3, -0.25) is 4.79 Å². The molecule has 3 rings (SSSR count). The van der Waals surface area contributed by atoms with Gasteiger partial charge in [-0.1, -0.05) is 29.8 Å². The third kappa shape index (κ3) is 1.94. The molecule has 0 saturated heterocycles. The van der Waals surface area contributed by atoms with Gasteiger partial charge in [0.15, 0.2) is 6.29 Å². The average Bonchev–Trinajstić information content (AvgIpc) is 2.79. The first-order chi connectivity index (χ1) is 9.20. The summed E-state index contributed by atoms with van der Waals surface area (Å²) in [6, 6.07) is 13.6. The second-order valence-electron chi connectivity index (χ2n) is 4.51. The highest BCUT2D eigenvalue weighted by atomic mass is 35.5. The van der Waals surface area contributed by atoms with Crippen LogP contribution in [0.4, 0.5) is 0 Å². The van der Waals surface area contributed by atoms with Gasteiger partial charge in [-0.05, 0) is 42.3 Å². The molecule has 0 amide bonds. The number of rotatable bonds is 2. The predicted octanol–water partition coefficient (Wildman–Crippen LogP) is 4.38. The van der Waals surface area contributed by atoms with Crippen LogP contribution in [0.2, 0.25) is 5.02 Å². The topological polar surface area (TPSA) is 21.5 Å². The van der Waals surface area contributed by atoms with Crippen molar-refractivity contribution in [1.29, 1.82) is 0 Å². The van der Waals surface area contributed by atoms with E-state index in [9.17, 15) is 4.79 Å². The van der Waals surface area contributed by atoms with Gasteiger partial charge in [0.2, 0.25) is 0 Å². The van der Waals surface area contributed by atoms with Crippen LogP contribution < -0.4 is 0 Å². The molecule has 0 spiro atoms. The van der Waals surface area contributed by atoms with Crippen molar-refractivity contribution in [2.24, 2.45) is 0 Å². The van der Waals surface area contributed by atoms with Crippen molar-refractivity contribution in [3.8, 4) is 11.1 Å². The Labute approximate surface area is 116 Å². The zero-order valence-corrected chi connectivity index (χ0v) is 11.2. The Balaban J connectivity index is 2.32. The zero-order valence-electron chi connectivity index (χ0n) is 10.4. The number of carbonyl (C=O) groups excluding carboxylic acids is 1. The summed E-state index contributed by atoms with van der Waals surface area (Å²) in [7, 11) is 0. The molecule has 94 valence electrons. The lowest BCUT2D eigenvalue weighted by atomic mass is 10.1. The lowest BCUT2D eigenvalue weighted by molar-refractivity contribution is 0.111. The van der Waals surface area contributed by atoms with E-state index in [4.69, 9.17) is 11.6 Å². The van der Waals surface area contributed by atoms with Gasteiger partial charge in [0.05, 0.1) is 5.69 Å². The van der Waals surface area contributed by atoms with E-state index < -0.39 is 0 Å². The largest absolute Gasteiger partial charge is 0.313 e. The molecule has 3 heteroatoms. The number of nitrogens with zero attached hydrogens (tertiary/aromatic N) is 1. The summed E-state index contributed by atoms with van der Waals surface area (Å²) in [6.45, 7) is 2.04. The van der Waals surface area contributed by atoms with Crippen molar-refractivity contribution < 1.29 is 4.79 Å². The van der Waals surface area contributed by atoms with E-state index in [2.05, 4.69) is 0 Å². The third-order valence-corrected chi connectivity index (χ3v) is 3.58. The van der Waals surface area contributed by atoms with Gasteiger partial charge in [0, 0.05) is 22.3 Å². The molecular weight excluding hydrogens is 258 g/mol. The summed E-state index contributed by atoms with van der Waals surface area (Å²) in [5.41, 5.74) is 4.79. The number of fused-ring (bicyclic) bond motifs is 1. The minimum Gasteiger partial charge on any atom is -0.313 e. The molecule has 19 heavy (non-hydrogen) atoms. The monoisotopic (exact) mass is 269 g/mol. The minimum absolute atomic E-state index is 0.668. The van der Waals surface area contributed by atoms with Gasteiger partial charge in [0.1, 0.15) is 0 Å². The SMILES string of the molecule is Cc1cccn2c(C=O)c(-c3ccc(Cl)cc3)cc12. The molecule has 0 atom stereocenters. The van der Waals surface area contributed by atoms with Crippen LogP contribution in [-0.4, -0.2) is 10.7 Å².